The molecule has 0 bridgehead atoms. The van der Waals surface area contributed by atoms with Crippen molar-refractivity contribution < 1.29 is 9.59 Å². The molecule has 1 aromatic heterocycles. The van der Waals surface area contributed by atoms with Crippen LogP contribution >= 0.6 is 0 Å². The molecule has 6 heteroatoms. The summed E-state index contributed by atoms with van der Waals surface area (Å²) in [5, 5.41) is 2.93. The van der Waals surface area contributed by atoms with Crippen LogP contribution < -0.4 is 5.32 Å². The molecular weight excluding hydrogens is 328 g/mol. The lowest BCUT2D eigenvalue weighted by molar-refractivity contribution is -0.139. The largest absolute Gasteiger partial charge is 0.353 e. The van der Waals surface area contributed by atoms with Gasteiger partial charge in [0.1, 0.15) is 0 Å². The second-order valence-electron chi connectivity index (χ2n) is 7.84. The number of nitrogens with zero attached hydrogens (tertiary/aromatic N) is 3. The van der Waals surface area contributed by atoms with Crippen LogP contribution in [0.4, 0.5) is 0 Å². The molecule has 6 nitrogen and oxygen atoms in total. The number of hydrogen-bond acceptors (Lipinski definition) is 4. The molecule has 142 valence electrons. The summed E-state index contributed by atoms with van der Waals surface area (Å²) in [6.07, 6.45) is 6.97. The Hall–Kier alpha value is -1.95. The maximum Gasteiger partial charge on any atom is 0.237 e. The van der Waals surface area contributed by atoms with Crippen LogP contribution in [-0.2, 0) is 16.1 Å². The van der Waals surface area contributed by atoms with E-state index in [9.17, 15) is 9.59 Å². The van der Waals surface area contributed by atoms with E-state index in [1.54, 1.807) is 6.20 Å². The van der Waals surface area contributed by atoms with E-state index in [2.05, 4.69) is 29.0 Å². The average molecular weight is 358 g/mol. The number of carbonyl (C=O) groups excluding carboxylic acids is 2. The molecule has 0 radical (unpaired) electrons. The third-order valence-electron chi connectivity index (χ3n) is 5.19. The van der Waals surface area contributed by atoms with E-state index in [1.807, 2.05) is 23.2 Å². The summed E-state index contributed by atoms with van der Waals surface area (Å²) in [6, 6.07) is 3.87. The molecule has 1 aliphatic heterocycles. The third kappa shape index (κ3) is 5.04. The smallest absolute Gasteiger partial charge is 0.237 e. The van der Waals surface area contributed by atoms with E-state index in [-0.39, 0.29) is 24.3 Å². The number of carbonyl (C=O) groups is 2. The van der Waals surface area contributed by atoms with Crippen molar-refractivity contribution in [2.45, 2.75) is 58.2 Å². The average Bonchev–Trinajstić information content (AvgIpc) is 3.46. The van der Waals surface area contributed by atoms with Gasteiger partial charge in [-0.25, -0.2) is 0 Å². The van der Waals surface area contributed by atoms with E-state index >= 15 is 0 Å². The van der Waals surface area contributed by atoms with Gasteiger partial charge in [-0.15, -0.1) is 0 Å². The summed E-state index contributed by atoms with van der Waals surface area (Å²) in [4.78, 5) is 33.7. The van der Waals surface area contributed by atoms with Gasteiger partial charge in [-0.3, -0.25) is 19.5 Å². The van der Waals surface area contributed by atoms with Crippen LogP contribution in [0.1, 0.15) is 45.1 Å². The highest BCUT2D eigenvalue weighted by Gasteiger charge is 2.37. The lowest BCUT2D eigenvalue weighted by atomic mass is 10.0. The topological polar surface area (TPSA) is 65.5 Å². The molecule has 2 heterocycles. The monoisotopic (exact) mass is 358 g/mol. The fourth-order valence-corrected chi connectivity index (χ4v) is 3.45. The van der Waals surface area contributed by atoms with Gasteiger partial charge >= 0.3 is 0 Å². The van der Waals surface area contributed by atoms with Gasteiger partial charge in [-0.05, 0) is 43.4 Å². The molecule has 1 saturated heterocycles. The SMILES string of the molecule is CC(C)CCN1CCNC(=O)[C@H]1CC(=O)N(Cc1cccnc1)C1CC1. The van der Waals surface area contributed by atoms with Crippen molar-refractivity contribution in [3.63, 3.8) is 0 Å². The summed E-state index contributed by atoms with van der Waals surface area (Å²) in [5.41, 5.74) is 1.04. The molecule has 0 unspecified atom stereocenters. The molecule has 2 aliphatic rings. The maximum atomic E-state index is 13.0. The molecule has 1 aliphatic carbocycles. The summed E-state index contributed by atoms with van der Waals surface area (Å²) < 4.78 is 0. The minimum absolute atomic E-state index is 0.00881. The van der Waals surface area contributed by atoms with E-state index in [0.29, 0.717) is 25.0 Å². The van der Waals surface area contributed by atoms with Gasteiger partial charge in [0.25, 0.3) is 0 Å². The molecule has 3 rings (SSSR count). The van der Waals surface area contributed by atoms with Crippen molar-refractivity contribution in [3.05, 3.63) is 30.1 Å². The molecule has 1 N–H and O–H groups in total. The van der Waals surface area contributed by atoms with Crippen molar-refractivity contribution in [3.8, 4) is 0 Å². The highest BCUT2D eigenvalue weighted by molar-refractivity contribution is 5.89. The number of amides is 2. The molecule has 26 heavy (non-hydrogen) atoms. The van der Waals surface area contributed by atoms with Gasteiger partial charge in [0.15, 0.2) is 0 Å². The number of nitrogens with one attached hydrogen (secondary N) is 1. The molecule has 1 saturated carbocycles. The van der Waals surface area contributed by atoms with Crippen molar-refractivity contribution in [2.75, 3.05) is 19.6 Å². The van der Waals surface area contributed by atoms with E-state index in [0.717, 1.165) is 37.9 Å². The van der Waals surface area contributed by atoms with E-state index in [1.165, 1.54) is 0 Å². The fraction of sp³-hybridized carbons (Fsp3) is 0.650. The Labute approximate surface area is 156 Å². The Morgan fingerprint density at radius 3 is 2.88 bits per heavy atom. The van der Waals surface area contributed by atoms with Crippen LogP contribution in [0.25, 0.3) is 0 Å². The number of aromatic nitrogens is 1. The van der Waals surface area contributed by atoms with Crippen LogP contribution in [0.5, 0.6) is 0 Å². The van der Waals surface area contributed by atoms with Crippen LogP contribution in [-0.4, -0.2) is 58.3 Å². The van der Waals surface area contributed by atoms with Gasteiger partial charge in [0.05, 0.1) is 12.5 Å². The normalized spacial score (nSPS) is 20.9. The third-order valence-corrected chi connectivity index (χ3v) is 5.19. The molecular formula is C20H30N4O2. The first kappa shape index (κ1) is 18.8. The lowest BCUT2D eigenvalue weighted by Crippen LogP contribution is -2.57. The number of piperazine rings is 1. The molecule has 0 spiro atoms. The van der Waals surface area contributed by atoms with Gasteiger partial charge in [0, 0.05) is 38.1 Å². The van der Waals surface area contributed by atoms with E-state index < -0.39 is 0 Å². The first-order valence-electron chi connectivity index (χ1n) is 9.74. The highest BCUT2D eigenvalue weighted by Crippen LogP contribution is 2.29. The van der Waals surface area contributed by atoms with Crippen molar-refractivity contribution in [1.29, 1.82) is 0 Å². The van der Waals surface area contributed by atoms with Crippen LogP contribution in [0.3, 0.4) is 0 Å². The van der Waals surface area contributed by atoms with Gasteiger partial charge < -0.3 is 10.2 Å². The molecule has 2 fully saturated rings. The minimum Gasteiger partial charge on any atom is -0.353 e. The fourth-order valence-electron chi connectivity index (χ4n) is 3.45. The second-order valence-corrected chi connectivity index (χ2v) is 7.84. The Bertz CT molecular complexity index is 615. The van der Waals surface area contributed by atoms with Crippen molar-refractivity contribution >= 4 is 11.8 Å². The summed E-state index contributed by atoms with van der Waals surface area (Å²) >= 11 is 0. The summed E-state index contributed by atoms with van der Waals surface area (Å²) in [6.45, 7) is 7.32. The first-order chi connectivity index (χ1) is 12.5. The zero-order valence-corrected chi connectivity index (χ0v) is 15.9. The first-order valence-corrected chi connectivity index (χ1v) is 9.74. The molecule has 0 aromatic carbocycles. The maximum absolute atomic E-state index is 13.0. The minimum atomic E-state index is -0.342. The zero-order valence-electron chi connectivity index (χ0n) is 15.9. The lowest BCUT2D eigenvalue weighted by Gasteiger charge is -2.36. The Morgan fingerprint density at radius 2 is 2.23 bits per heavy atom. The number of pyridine rings is 1. The van der Waals surface area contributed by atoms with Crippen LogP contribution in [0, 0.1) is 5.92 Å². The molecule has 1 atom stereocenters. The second kappa shape index (κ2) is 8.62. The molecule has 2 amide bonds. The zero-order chi connectivity index (χ0) is 18.5. The number of rotatable bonds is 8. The van der Waals surface area contributed by atoms with Crippen LogP contribution in [0.2, 0.25) is 0 Å². The summed E-state index contributed by atoms with van der Waals surface area (Å²) in [7, 11) is 0. The predicted octanol–water partition coefficient (Wildman–Crippen LogP) is 1.81. The predicted molar refractivity (Wildman–Crippen MR) is 100 cm³/mol. The Kier molecular flexibility index (Phi) is 6.25. The van der Waals surface area contributed by atoms with Gasteiger partial charge in [-0.2, -0.15) is 0 Å². The van der Waals surface area contributed by atoms with Crippen molar-refractivity contribution in [2.24, 2.45) is 5.92 Å². The summed E-state index contributed by atoms with van der Waals surface area (Å²) in [5.74, 6) is 0.656. The van der Waals surface area contributed by atoms with Crippen LogP contribution in [0.15, 0.2) is 24.5 Å². The Morgan fingerprint density at radius 1 is 1.42 bits per heavy atom. The van der Waals surface area contributed by atoms with Crippen molar-refractivity contribution in [1.82, 2.24) is 20.1 Å². The van der Waals surface area contributed by atoms with E-state index in [4.69, 9.17) is 0 Å². The number of hydrogen-bond donors (Lipinski definition) is 1. The highest BCUT2D eigenvalue weighted by atomic mass is 16.2. The Balaban J connectivity index is 1.65. The van der Waals surface area contributed by atoms with Gasteiger partial charge in [0.2, 0.25) is 11.8 Å². The quantitative estimate of drug-likeness (QED) is 0.770. The van der Waals surface area contributed by atoms with Gasteiger partial charge in [-0.1, -0.05) is 19.9 Å². The molecule has 1 aromatic rings. The standard InChI is InChI=1S/C20H30N4O2/c1-15(2)7-10-23-11-9-22-20(26)18(23)12-19(25)24(17-5-6-17)14-16-4-3-8-21-13-16/h3-4,8,13,15,17-18H,5-7,9-12,14H2,1-2H3,(H,22,26)/t18-/m1/s1.